The van der Waals surface area contributed by atoms with Crippen molar-refractivity contribution in [2.24, 2.45) is 5.73 Å². The van der Waals surface area contributed by atoms with E-state index in [4.69, 9.17) is 10.5 Å². The van der Waals surface area contributed by atoms with E-state index in [1.54, 1.807) is 7.11 Å². The fraction of sp³-hybridized carbons (Fsp3) is 0.600. The molecule has 2 nitrogen and oxygen atoms in total. The van der Waals surface area contributed by atoms with Crippen molar-refractivity contribution in [2.75, 3.05) is 13.7 Å². The van der Waals surface area contributed by atoms with E-state index in [0.29, 0.717) is 5.92 Å². The van der Waals surface area contributed by atoms with Crippen LogP contribution in [-0.2, 0) is 0 Å². The Labute approximate surface area is 105 Å². The first-order chi connectivity index (χ1) is 8.11. The molecule has 0 fully saturated rings. The Morgan fingerprint density at radius 3 is 2.47 bits per heavy atom. The molecule has 0 aliphatic carbocycles. The highest BCUT2D eigenvalue weighted by Crippen LogP contribution is 2.30. The van der Waals surface area contributed by atoms with Crippen LogP contribution in [-0.4, -0.2) is 13.7 Å². The van der Waals surface area contributed by atoms with Crippen molar-refractivity contribution in [1.29, 1.82) is 0 Å². The average molecular weight is 235 g/mol. The first-order valence-electron chi connectivity index (χ1n) is 6.46. The van der Waals surface area contributed by atoms with Gasteiger partial charge < -0.3 is 10.5 Å². The van der Waals surface area contributed by atoms with Crippen molar-refractivity contribution in [3.63, 3.8) is 0 Å². The number of rotatable bonds is 6. The second-order valence-electron chi connectivity index (χ2n) is 4.79. The smallest absolute Gasteiger partial charge is 0.122 e. The maximum absolute atomic E-state index is 5.53. The van der Waals surface area contributed by atoms with Gasteiger partial charge in [0.25, 0.3) is 0 Å². The van der Waals surface area contributed by atoms with E-state index in [9.17, 15) is 0 Å². The molecular formula is C15H25NO. The first kappa shape index (κ1) is 14.0. The van der Waals surface area contributed by atoms with Crippen LogP contribution < -0.4 is 10.5 Å². The van der Waals surface area contributed by atoms with Crippen LogP contribution in [0.2, 0.25) is 0 Å². The molecule has 0 amide bonds. The third kappa shape index (κ3) is 3.47. The lowest BCUT2D eigenvalue weighted by Crippen LogP contribution is -2.03. The SMILES string of the molecule is COc1ccc(C(C)CCCCN)c(C)c1C. The molecule has 1 rings (SSSR count). The van der Waals surface area contributed by atoms with E-state index in [-0.39, 0.29) is 0 Å². The van der Waals surface area contributed by atoms with Gasteiger partial charge in [0.2, 0.25) is 0 Å². The molecular weight excluding hydrogens is 210 g/mol. The Hall–Kier alpha value is -1.02. The standard InChI is InChI=1S/C15H25NO/c1-11(7-5-6-10-16)14-8-9-15(17-4)13(3)12(14)2/h8-9,11H,5-7,10,16H2,1-4H3. The summed E-state index contributed by atoms with van der Waals surface area (Å²) < 4.78 is 5.34. The summed E-state index contributed by atoms with van der Waals surface area (Å²) in [6.45, 7) is 7.41. The van der Waals surface area contributed by atoms with Crippen LogP contribution in [0, 0.1) is 13.8 Å². The molecule has 1 unspecified atom stereocenters. The fourth-order valence-corrected chi connectivity index (χ4v) is 2.32. The van der Waals surface area contributed by atoms with E-state index in [1.807, 2.05) is 0 Å². The lowest BCUT2D eigenvalue weighted by Gasteiger charge is -2.18. The Kier molecular flexibility index (Phi) is 5.49. The quantitative estimate of drug-likeness (QED) is 0.765. The highest BCUT2D eigenvalue weighted by Gasteiger charge is 2.12. The van der Waals surface area contributed by atoms with Crippen molar-refractivity contribution < 1.29 is 4.74 Å². The summed E-state index contributed by atoms with van der Waals surface area (Å²) in [6.07, 6.45) is 3.55. The monoisotopic (exact) mass is 235 g/mol. The molecule has 96 valence electrons. The normalized spacial score (nSPS) is 12.5. The van der Waals surface area contributed by atoms with E-state index >= 15 is 0 Å². The van der Waals surface area contributed by atoms with Gasteiger partial charge in [0.1, 0.15) is 5.75 Å². The van der Waals surface area contributed by atoms with Gasteiger partial charge in [-0.25, -0.2) is 0 Å². The molecule has 0 radical (unpaired) electrons. The Balaban J connectivity index is 2.80. The van der Waals surface area contributed by atoms with Crippen LogP contribution >= 0.6 is 0 Å². The Bertz CT molecular complexity index is 360. The predicted octanol–water partition coefficient (Wildman–Crippen LogP) is 3.54. The van der Waals surface area contributed by atoms with Crippen LogP contribution in [0.1, 0.15) is 48.8 Å². The van der Waals surface area contributed by atoms with Gasteiger partial charge in [-0.3, -0.25) is 0 Å². The summed E-state index contributed by atoms with van der Waals surface area (Å²) in [5, 5.41) is 0. The van der Waals surface area contributed by atoms with Crippen molar-refractivity contribution >= 4 is 0 Å². The van der Waals surface area contributed by atoms with Crippen LogP contribution in [0.15, 0.2) is 12.1 Å². The molecule has 2 heteroatoms. The molecule has 0 saturated carbocycles. The summed E-state index contributed by atoms with van der Waals surface area (Å²) in [7, 11) is 1.73. The summed E-state index contributed by atoms with van der Waals surface area (Å²) in [4.78, 5) is 0. The minimum absolute atomic E-state index is 0.603. The highest BCUT2D eigenvalue weighted by molar-refractivity contribution is 5.44. The van der Waals surface area contributed by atoms with Gasteiger partial charge in [-0.2, -0.15) is 0 Å². The van der Waals surface area contributed by atoms with Gasteiger partial charge in [0.15, 0.2) is 0 Å². The number of unbranched alkanes of at least 4 members (excludes halogenated alkanes) is 1. The molecule has 0 bridgehead atoms. The maximum Gasteiger partial charge on any atom is 0.122 e. The molecule has 0 aliphatic rings. The van der Waals surface area contributed by atoms with Gasteiger partial charge in [0.05, 0.1) is 7.11 Å². The molecule has 2 N–H and O–H groups in total. The van der Waals surface area contributed by atoms with Crippen LogP contribution in [0.25, 0.3) is 0 Å². The zero-order valence-electron chi connectivity index (χ0n) is 11.5. The molecule has 0 saturated heterocycles. The first-order valence-corrected chi connectivity index (χ1v) is 6.46. The van der Waals surface area contributed by atoms with Crippen molar-refractivity contribution in [1.82, 2.24) is 0 Å². The van der Waals surface area contributed by atoms with E-state index in [2.05, 4.69) is 32.9 Å². The summed E-state index contributed by atoms with van der Waals surface area (Å²) >= 11 is 0. The molecule has 1 atom stereocenters. The number of methoxy groups -OCH3 is 1. The number of hydrogen-bond acceptors (Lipinski definition) is 2. The molecule has 0 aromatic heterocycles. The molecule has 0 spiro atoms. The van der Waals surface area contributed by atoms with E-state index in [1.165, 1.54) is 29.5 Å². The molecule has 0 heterocycles. The average Bonchev–Trinajstić information content (AvgIpc) is 2.32. The number of benzene rings is 1. The Morgan fingerprint density at radius 2 is 1.88 bits per heavy atom. The summed E-state index contributed by atoms with van der Waals surface area (Å²) in [5.41, 5.74) is 9.60. The summed E-state index contributed by atoms with van der Waals surface area (Å²) in [5.74, 6) is 1.59. The fourth-order valence-electron chi connectivity index (χ4n) is 2.32. The second kappa shape index (κ2) is 6.65. The zero-order valence-corrected chi connectivity index (χ0v) is 11.5. The largest absolute Gasteiger partial charge is 0.496 e. The van der Waals surface area contributed by atoms with Gasteiger partial charge in [-0.05, 0) is 61.9 Å². The topological polar surface area (TPSA) is 35.2 Å². The van der Waals surface area contributed by atoms with Crippen molar-refractivity contribution in [3.8, 4) is 5.75 Å². The van der Waals surface area contributed by atoms with Crippen LogP contribution in [0.3, 0.4) is 0 Å². The zero-order chi connectivity index (χ0) is 12.8. The third-order valence-electron chi connectivity index (χ3n) is 3.62. The lowest BCUT2D eigenvalue weighted by molar-refractivity contribution is 0.411. The summed E-state index contributed by atoms with van der Waals surface area (Å²) in [6, 6.07) is 4.28. The van der Waals surface area contributed by atoms with E-state index < -0.39 is 0 Å². The minimum Gasteiger partial charge on any atom is -0.496 e. The Morgan fingerprint density at radius 1 is 1.18 bits per heavy atom. The van der Waals surface area contributed by atoms with Crippen LogP contribution in [0.5, 0.6) is 5.75 Å². The van der Waals surface area contributed by atoms with Crippen molar-refractivity contribution in [3.05, 3.63) is 28.8 Å². The molecule has 1 aromatic carbocycles. The molecule has 0 aliphatic heterocycles. The van der Waals surface area contributed by atoms with Crippen LogP contribution in [0.4, 0.5) is 0 Å². The van der Waals surface area contributed by atoms with Gasteiger partial charge >= 0.3 is 0 Å². The minimum atomic E-state index is 0.603. The van der Waals surface area contributed by atoms with Gasteiger partial charge in [-0.15, -0.1) is 0 Å². The maximum atomic E-state index is 5.53. The second-order valence-corrected chi connectivity index (χ2v) is 4.79. The highest BCUT2D eigenvalue weighted by atomic mass is 16.5. The molecule has 1 aromatic rings. The van der Waals surface area contributed by atoms with Gasteiger partial charge in [-0.1, -0.05) is 19.4 Å². The predicted molar refractivity (Wildman–Crippen MR) is 73.8 cm³/mol. The molecule has 17 heavy (non-hydrogen) atoms. The number of nitrogens with two attached hydrogens (primary N) is 1. The van der Waals surface area contributed by atoms with E-state index in [0.717, 1.165) is 18.7 Å². The third-order valence-corrected chi connectivity index (χ3v) is 3.62. The lowest BCUT2D eigenvalue weighted by atomic mass is 9.89. The van der Waals surface area contributed by atoms with Crippen molar-refractivity contribution in [2.45, 2.75) is 46.0 Å². The van der Waals surface area contributed by atoms with Gasteiger partial charge in [0, 0.05) is 0 Å². The number of ether oxygens (including phenoxy) is 1. The number of hydrogen-bond donors (Lipinski definition) is 1.